The maximum Gasteiger partial charge on any atom is 0.0594 e. The van der Waals surface area contributed by atoms with Crippen LogP contribution in [-0.2, 0) is 4.74 Å². The lowest BCUT2D eigenvalue weighted by atomic mass is 10.1. The summed E-state index contributed by atoms with van der Waals surface area (Å²) in [6.07, 6.45) is 2.34. The van der Waals surface area contributed by atoms with Gasteiger partial charge in [-0.3, -0.25) is 4.90 Å². The Balaban J connectivity index is 2.15. The third-order valence-electron chi connectivity index (χ3n) is 2.42. The van der Waals surface area contributed by atoms with Crippen molar-refractivity contribution in [2.75, 3.05) is 32.2 Å². The van der Waals surface area contributed by atoms with Crippen molar-refractivity contribution in [3.8, 4) is 0 Å². The summed E-state index contributed by atoms with van der Waals surface area (Å²) in [4.78, 5) is 2.48. The molecule has 0 bridgehead atoms. The zero-order valence-electron chi connectivity index (χ0n) is 7.76. The molecule has 0 amide bonds. The predicted octanol–water partition coefficient (Wildman–Crippen LogP) is 1.73. The van der Waals surface area contributed by atoms with Gasteiger partial charge in [-0.25, -0.2) is 0 Å². The smallest absolute Gasteiger partial charge is 0.0594 e. The molecule has 0 saturated carbocycles. The van der Waals surface area contributed by atoms with Crippen molar-refractivity contribution in [3.63, 3.8) is 0 Å². The molecule has 1 aliphatic rings. The highest BCUT2D eigenvalue weighted by molar-refractivity contribution is 6.17. The van der Waals surface area contributed by atoms with E-state index in [0.717, 1.165) is 38.6 Å². The number of morpholine rings is 1. The second-order valence-corrected chi connectivity index (χ2v) is 3.71. The van der Waals surface area contributed by atoms with Crippen molar-refractivity contribution < 1.29 is 4.74 Å². The average Bonchev–Trinajstić information content (AvgIpc) is 2.15. The van der Waals surface area contributed by atoms with Crippen molar-refractivity contribution in [2.24, 2.45) is 0 Å². The van der Waals surface area contributed by atoms with Crippen molar-refractivity contribution in [2.45, 2.75) is 25.8 Å². The first kappa shape index (κ1) is 10.3. The van der Waals surface area contributed by atoms with E-state index < -0.39 is 0 Å². The average molecular weight is 192 g/mol. The number of alkyl halides is 1. The summed E-state index contributed by atoms with van der Waals surface area (Å²) in [6, 6.07) is 0.674. The third kappa shape index (κ3) is 3.30. The summed E-state index contributed by atoms with van der Waals surface area (Å²) < 4.78 is 5.29. The van der Waals surface area contributed by atoms with Gasteiger partial charge in [0.1, 0.15) is 0 Å². The molecule has 0 radical (unpaired) electrons. The van der Waals surface area contributed by atoms with Gasteiger partial charge >= 0.3 is 0 Å². The lowest BCUT2D eigenvalue weighted by Gasteiger charge is -2.32. The zero-order chi connectivity index (χ0) is 8.81. The van der Waals surface area contributed by atoms with Crippen LogP contribution in [0.15, 0.2) is 0 Å². The molecule has 1 saturated heterocycles. The van der Waals surface area contributed by atoms with E-state index in [9.17, 15) is 0 Å². The Labute approximate surface area is 79.8 Å². The van der Waals surface area contributed by atoms with Gasteiger partial charge in [-0.1, -0.05) is 0 Å². The minimum Gasteiger partial charge on any atom is -0.379 e. The first-order valence-corrected chi connectivity index (χ1v) is 5.26. The highest BCUT2D eigenvalue weighted by Gasteiger charge is 2.15. The van der Waals surface area contributed by atoms with Crippen LogP contribution < -0.4 is 0 Å². The minimum atomic E-state index is 0.674. The Morgan fingerprint density at radius 3 is 2.67 bits per heavy atom. The summed E-state index contributed by atoms with van der Waals surface area (Å²) in [5.41, 5.74) is 0. The predicted molar refractivity (Wildman–Crippen MR) is 51.8 cm³/mol. The van der Waals surface area contributed by atoms with E-state index in [1.807, 2.05) is 0 Å². The highest BCUT2D eigenvalue weighted by atomic mass is 35.5. The molecule has 0 spiro atoms. The van der Waals surface area contributed by atoms with E-state index in [-0.39, 0.29) is 0 Å². The highest BCUT2D eigenvalue weighted by Crippen LogP contribution is 2.09. The number of rotatable bonds is 4. The topological polar surface area (TPSA) is 12.5 Å². The van der Waals surface area contributed by atoms with Crippen LogP contribution in [-0.4, -0.2) is 43.1 Å². The summed E-state index contributed by atoms with van der Waals surface area (Å²) in [6.45, 7) is 6.24. The van der Waals surface area contributed by atoms with E-state index in [0.29, 0.717) is 6.04 Å². The maximum absolute atomic E-state index is 5.64. The van der Waals surface area contributed by atoms with Gasteiger partial charge in [-0.2, -0.15) is 0 Å². The van der Waals surface area contributed by atoms with Crippen molar-refractivity contribution in [1.82, 2.24) is 4.90 Å². The van der Waals surface area contributed by atoms with Gasteiger partial charge in [0.15, 0.2) is 0 Å². The van der Waals surface area contributed by atoms with Crippen LogP contribution in [0.4, 0.5) is 0 Å². The molecule has 1 atom stereocenters. The van der Waals surface area contributed by atoms with Crippen molar-refractivity contribution in [1.29, 1.82) is 0 Å². The zero-order valence-corrected chi connectivity index (χ0v) is 8.52. The van der Waals surface area contributed by atoms with Crippen LogP contribution in [0.2, 0.25) is 0 Å². The van der Waals surface area contributed by atoms with Crippen LogP contribution in [0.5, 0.6) is 0 Å². The molecule has 0 aromatic heterocycles. The summed E-state index contributed by atoms with van der Waals surface area (Å²) >= 11 is 5.64. The SMILES string of the molecule is C[C@@H](CCCCl)N1CCOCC1. The quantitative estimate of drug-likeness (QED) is 0.628. The number of ether oxygens (including phenoxy) is 1. The lowest BCUT2D eigenvalue weighted by molar-refractivity contribution is 0.0186. The monoisotopic (exact) mass is 191 g/mol. The van der Waals surface area contributed by atoms with E-state index in [4.69, 9.17) is 16.3 Å². The normalized spacial score (nSPS) is 22.5. The largest absolute Gasteiger partial charge is 0.379 e. The second-order valence-electron chi connectivity index (χ2n) is 3.33. The van der Waals surface area contributed by atoms with Crippen LogP contribution in [0, 0.1) is 0 Å². The molecule has 0 aliphatic carbocycles. The van der Waals surface area contributed by atoms with Crippen LogP contribution >= 0.6 is 11.6 Å². The maximum atomic E-state index is 5.64. The first-order valence-electron chi connectivity index (χ1n) is 4.72. The standard InChI is InChI=1S/C9H18ClNO/c1-9(3-2-4-10)11-5-7-12-8-6-11/h9H,2-8H2,1H3/t9-/m0/s1. The van der Waals surface area contributed by atoms with Crippen molar-refractivity contribution in [3.05, 3.63) is 0 Å². The van der Waals surface area contributed by atoms with Gasteiger partial charge in [0.05, 0.1) is 13.2 Å². The Kier molecular flexibility index (Phi) is 4.96. The molecule has 1 rings (SSSR count). The molecule has 1 heterocycles. The Hall–Kier alpha value is 0.210. The Morgan fingerprint density at radius 1 is 1.42 bits per heavy atom. The van der Waals surface area contributed by atoms with Crippen LogP contribution in [0.1, 0.15) is 19.8 Å². The molecule has 0 N–H and O–H groups in total. The second kappa shape index (κ2) is 5.79. The lowest BCUT2D eigenvalue weighted by Crippen LogP contribution is -2.42. The third-order valence-corrected chi connectivity index (χ3v) is 2.69. The van der Waals surface area contributed by atoms with Gasteiger partial charge in [-0.15, -0.1) is 11.6 Å². The fraction of sp³-hybridized carbons (Fsp3) is 1.00. The Bertz CT molecular complexity index is 115. The number of nitrogens with zero attached hydrogens (tertiary/aromatic N) is 1. The fourth-order valence-corrected chi connectivity index (χ4v) is 1.73. The summed E-state index contributed by atoms with van der Waals surface area (Å²) in [5.74, 6) is 0.786. The number of halogens is 1. The van der Waals surface area contributed by atoms with Crippen LogP contribution in [0.3, 0.4) is 0 Å². The van der Waals surface area contributed by atoms with Gasteiger partial charge < -0.3 is 4.74 Å². The molecule has 72 valence electrons. The fourth-order valence-electron chi connectivity index (χ4n) is 1.57. The van der Waals surface area contributed by atoms with Gasteiger partial charge in [0, 0.05) is 25.0 Å². The molecule has 12 heavy (non-hydrogen) atoms. The number of hydrogen-bond donors (Lipinski definition) is 0. The molecule has 0 aromatic carbocycles. The van der Waals surface area contributed by atoms with Crippen LogP contribution in [0.25, 0.3) is 0 Å². The molecular weight excluding hydrogens is 174 g/mol. The summed E-state index contributed by atoms with van der Waals surface area (Å²) in [5, 5.41) is 0. The van der Waals surface area contributed by atoms with E-state index in [2.05, 4.69) is 11.8 Å². The van der Waals surface area contributed by atoms with Gasteiger partial charge in [0.2, 0.25) is 0 Å². The van der Waals surface area contributed by atoms with E-state index in [1.54, 1.807) is 0 Å². The van der Waals surface area contributed by atoms with Gasteiger partial charge in [0.25, 0.3) is 0 Å². The molecule has 1 fully saturated rings. The van der Waals surface area contributed by atoms with Crippen molar-refractivity contribution >= 4 is 11.6 Å². The minimum absolute atomic E-state index is 0.674. The molecule has 2 nitrogen and oxygen atoms in total. The molecule has 0 aromatic rings. The van der Waals surface area contributed by atoms with Gasteiger partial charge in [-0.05, 0) is 19.8 Å². The molecular formula is C9H18ClNO. The molecule has 0 unspecified atom stereocenters. The summed E-state index contributed by atoms with van der Waals surface area (Å²) in [7, 11) is 0. The molecule has 3 heteroatoms. The molecule has 1 aliphatic heterocycles. The van der Waals surface area contributed by atoms with E-state index >= 15 is 0 Å². The first-order chi connectivity index (χ1) is 5.84. The Morgan fingerprint density at radius 2 is 2.08 bits per heavy atom. The van der Waals surface area contributed by atoms with E-state index in [1.165, 1.54) is 6.42 Å². The number of hydrogen-bond acceptors (Lipinski definition) is 2.